The topological polar surface area (TPSA) is 87.0 Å². The molecule has 0 radical (unpaired) electrons. The summed E-state index contributed by atoms with van der Waals surface area (Å²) in [4.78, 5) is 10.2. The van der Waals surface area contributed by atoms with E-state index < -0.39 is 4.92 Å². The fraction of sp³-hybridized carbons (Fsp3) is 0.182. The number of hydrogen-bond donors (Lipinski definition) is 1. The van der Waals surface area contributed by atoms with Crippen LogP contribution >= 0.6 is 0 Å². The number of halogens is 1. The molecule has 0 amide bonds. The lowest BCUT2D eigenvalue weighted by atomic mass is 10.2. The Labute approximate surface area is 102 Å². The van der Waals surface area contributed by atoms with E-state index in [0.29, 0.717) is 5.56 Å². The van der Waals surface area contributed by atoms with Crippen molar-refractivity contribution in [3.05, 3.63) is 51.5 Å². The molecular weight excluding hydrogens is 239 g/mol. The Morgan fingerprint density at radius 1 is 1.56 bits per heavy atom. The number of nitrogen functional groups attached to an aromatic ring is 1. The Bertz CT molecular complexity index is 609. The van der Waals surface area contributed by atoms with Crippen molar-refractivity contribution in [1.29, 1.82) is 0 Å². The molecule has 0 bridgehead atoms. The number of benzene rings is 1. The van der Waals surface area contributed by atoms with Crippen LogP contribution in [-0.4, -0.2) is 14.7 Å². The molecular formula is C11H11FN4O2. The van der Waals surface area contributed by atoms with Gasteiger partial charge in [-0.15, -0.1) is 0 Å². The highest BCUT2D eigenvalue weighted by Gasteiger charge is 2.22. The van der Waals surface area contributed by atoms with Crippen LogP contribution in [0.2, 0.25) is 0 Å². The van der Waals surface area contributed by atoms with Crippen LogP contribution in [-0.2, 0) is 6.54 Å². The number of hydrogen-bond acceptors (Lipinski definition) is 4. The van der Waals surface area contributed by atoms with Gasteiger partial charge >= 0.3 is 5.69 Å². The van der Waals surface area contributed by atoms with Crippen LogP contribution < -0.4 is 5.73 Å². The minimum absolute atomic E-state index is 0.0261. The molecule has 2 rings (SSSR count). The molecule has 1 aromatic carbocycles. The molecule has 2 N–H and O–H groups in total. The first-order chi connectivity index (χ1) is 8.49. The summed E-state index contributed by atoms with van der Waals surface area (Å²) in [5.41, 5.74) is 6.34. The summed E-state index contributed by atoms with van der Waals surface area (Å²) in [6, 6.07) is 5.92. The highest BCUT2D eigenvalue weighted by molar-refractivity contribution is 5.56. The van der Waals surface area contributed by atoms with Gasteiger partial charge in [0.15, 0.2) is 0 Å². The van der Waals surface area contributed by atoms with Crippen molar-refractivity contribution >= 4 is 11.5 Å². The lowest BCUT2D eigenvalue weighted by Gasteiger charge is -2.03. The number of nitrogens with zero attached hydrogens (tertiary/aromatic N) is 3. The summed E-state index contributed by atoms with van der Waals surface area (Å²) in [5, 5.41) is 14.8. The van der Waals surface area contributed by atoms with E-state index in [9.17, 15) is 14.5 Å². The zero-order valence-electron chi connectivity index (χ0n) is 9.63. The van der Waals surface area contributed by atoms with Crippen LogP contribution in [0, 0.1) is 22.9 Å². The molecule has 0 aliphatic heterocycles. The normalized spacial score (nSPS) is 10.6. The van der Waals surface area contributed by atoms with Gasteiger partial charge in [-0.05, 0) is 24.6 Å². The molecule has 0 aliphatic rings. The maximum atomic E-state index is 13.0. The van der Waals surface area contributed by atoms with E-state index in [1.54, 1.807) is 12.1 Å². The molecule has 18 heavy (non-hydrogen) atoms. The van der Waals surface area contributed by atoms with Crippen LogP contribution in [0.15, 0.2) is 24.3 Å². The largest absolute Gasteiger partial charge is 0.378 e. The van der Waals surface area contributed by atoms with E-state index in [0.717, 1.165) is 0 Å². The molecule has 6 nitrogen and oxygen atoms in total. The summed E-state index contributed by atoms with van der Waals surface area (Å²) in [6.07, 6.45) is 0. The highest BCUT2D eigenvalue weighted by atomic mass is 19.1. The molecule has 7 heteroatoms. The molecule has 94 valence electrons. The quantitative estimate of drug-likeness (QED) is 0.665. The Morgan fingerprint density at radius 2 is 2.28 bits per heavy atom. The average molecular weight is 250 g/mol. The summed E-state index contributed by atoms with van der Waals surface area (Å²) in [5.74, 6) is -0.397. The van der Waals surface area contributed by atoms with Gasteiger partial charge < -0.3 is 5.73 Å². The highest BCUT2D eigenvalue weighted by Crippen LogP contribution is 2.25. The first-order valence-electron chi connectivity index (χ1n) is 5.20. The van der Waals surface area contributed by atoms with Crippen molar-refractivity contribution < 1.29 is 9.31 Å². The monoisotopic (exact) mass is 250 g/mol. The number of aryl methyl sites for hydroxylation is 1. The third-order valence-electron chi connectivity index (χ3n) is 2.54. The van der Waals surface area contributed by atoms with E-state index >= 15 is 0 Å². The Hall–Kier alpha value is -2.44. The number of nitro groups is 1. The van der Waals surface area contributed by atoms with Gasteiger partial charge in [0.2, 0.25) is 5.82 Å². The lowest BCUT2D eigenvalue weighted by molar-refractivity contribution is -0.384. The van der Waals surface area contributed by atoms with E-state index in [1.165, 1.54) is 23.7 Å². The van der Waals surface area contributed by atoms with E-state index in [4.69, 9.17) is 5.73 Å². The predicted octanol–water partition coefficient (Wildman–Crippen LogP) is 1.87. The second-order valence-electron chi connectivity index (χ2n) is 3.86. The van der Waals surface area contributed by atoms with E-state index in [2.05, 4.69) is 5.10 Å². The summed E-state index contributed by atoms with van der Waals surface area (Å²) >= 11 is 0. The SMILES string of the molecule is Cc1nn(Cc2cccc(F)c2)c(N)c1[N+](=O)[O-]. The van der Waals surface area contributed by atoms with Gasteiger partial charge in [-0.1, -0.05) is 12.1 Å². The fourth-order valence-electron chi connectivity index (χ4n) is 1.74. The Kier molecular flexibility index (Phi) is 2.97. The molecule has 0 unspecified atom stereocenters. The Balaban J connectivity index is 2.36. The second kappa shape index (κ2) is 4.44. The average Bonchev–Trinajstić information content (AvgIpc) is 2.54. The number of rotatable bonds is 3. The van der Waals surface area contributed by atoms with Crippen LogP contribution in [0.3, 0.4) is 0 Å². The molecule has 0 aliphatic carbocycles. The molecule has 0 fully saturated rings. The summed E-state index contributed by atoms with van der Waals surface area (Å²) in [7, 11) is 0. The van der Waals surface area contributed by atoms with Gasteiger partial charge in [-0.25, -0.2) is 9.07 Å². The van der Waals surface area contributed by atoms with Gasteiger partial charge in [0.1, 0.15) is 11.5 Å². The Morgan fingerprint density at radius 3 is 2.83 bits per heavy atom. The molecule has 1 aromatic heterocycles. The summed E-state index contributed by atoms with van der Waals surface area (Å²) < 4.78 is 14.3. The minimum Gasteiger partial charge on any atom is -0.378 e. The van der Waals surface area contributed by atoms with Crippen molar-refractivity contribution in [1.82, 2.24) is 9.78 Å². The fourth-order valence-corrected chi connectivity index (χ4v) is 1.74. The first-order valence-corrected chi connectivity index (χ1v) is 5.20. The third kappa shape index (κ3) is 2.15. The van der Waals surface area contributed by atoms with Crippen molar-refractivity contribution in [2.45, 2.75) is 13.5 Å². The third-order valence-corrected chi connectivity index (χ3v) is 2.54. The number of aromatic nitrogens is 2. The van der Waals surface area contributed by atoms with Crippen LogP contribution in [0.5, 0.6) is 0 Å². The number of nitrogens with two attached hydrogens (primary N) is 1. The molecule has 0 saturated carbocycles. The smallest absolute Gasteiger partial charge is 0.333 e. The van der Waals surface area contributed by atoms with Crippen LogP contribution in [0.25, 0.3) is 0 Å². The van der Waals surface area contributed by atoms with E-state index in [1.807, 2.05) is 0 Å². The molecule has 2 aromatic rings. The molecule has 0 saturated heterocycles. The maximum Gasteiger partial charge on any atom is 0.333 e. The zero-order chi connectivity index (χ0) is 13.3. The zero-order valence-corrected chi connectivity index (χ0v) is 9.63. The second-order valence-corrected chi connectivity index (χ2v) is 3.86. The summed E-state index contributed by atoms with van der Waals surface area (Å²) in [6.45, 7) is 1.70. The first kappa shape index (κ1) is 12.0. The maximum absolute atomic E-state index is 13.0. The molecule has 0 atom stereocenters. The predicted molar refractivity (Wildman–Crippen MR) is 63.5 cm³/mol. The van der Waals surface area contributed by atoms with Crippen molar-refractivity contribution in [2.75, 3.05) is 5.73 Å². The number of anilines is 1. The minimum atomic E-state index is -0.570. The van der Waals surface area contributed by atoms with Crippen molar-refractivity contribution in [2.24, 2.45) is 0 Å². The van der Waals surface area contributed by atoms with Crippen LogP contribution in [0.4, 0.5) is 15.9 Å². The van der Waals surface area contributed by atoms with Gasteiger partial charge in [-0.2, -0.15) is 5.10 Å². The van der Waals surface area contributed by atoms with Crippen molar-refractivity contribution in [3.63, 3.8) is 0 Å². The van der Waals surface area contributed by atoms with Gasteiger partial charge in [0.05, 0.1) is 11.5 Å². The van der Waals surface area contributed by atoms with E-state index in [-0.39, 0.29) is 29.6 Å². The lowest BCUT2D eigenvalue weighted by Crippen LogP contribution is -2.06. The van der Waals surface area contributed by atoms with Crippen molar-refractivity contribution in [3.8, 4) is 0 Å². The van der Waals surface area contributed by atoms with Gasteiger partial charge in [0.25, 0.3) is 0 Å². The standard InChI is InChI=1S/C11H11FN4O2/c1-7-10(16(17)18)11(13)15(14-7)6-8-3-2-4-9(12)5-8/h2-5H,6,13H2,1H3. The molecule has 1 heterocycles. The van der Waals surface area contributed by atoms with Crippen LogP contribution in [0.1, 0.15) is 11.3 Å². The van der Waals surface area contributed by atoms with Gasteiger partial charge in [0, 0.05) is 0 Å². The molecule has 0 spiro atoms. The van der Waals surface area contributed by atoms with Gasteiger partial charge in [-0.3, -0.25) is 10.1 Å².